The molecule has 1 aromatic rings. The van der Waals surface area contributed by atoms with Gasteiger partial charge in [-0.25, -0.2) is 0 Å². The van der Waals surface area contributed by atoms with Gasteiger partial charge in [-0.3, -0.25) is 0 Å². The van der Waals surface area contributed by atoms with Crippen LogP contribution in [0.3, 0.4) is 0 Å². The van der Waals surface area contributed by atoms with Crippen LogP contribution in [0.1, 0.15) is 18.4 Å². The van der Waals surface area contributed by atoms with E-state index in [0.717, 1.165) is 34.4 Å². The molecule has 0 amide bonds. The van der Waals surface area contributed by atoms with Crippen molar-refractivity contribution in [1.82, 2.24) is 4.90 Å². The molecule has 1 aliphatic rings. The predicted molar refractivity (Wildman–Crippen MR) is 78.2 cm³/mol. The minimum atomic E-state index is 0.697. The molecule has 0 radical (unpaired) electrons. The molecular formula is C13H16BrCl2N. The molecule has 94 valence electrons. The lowest BCUT2D eigenvalue weighted by Crippen LogP contribution is -2.34. The average molecular weight is 337 g/mol. The number of nitrogens with zero attached hydrogens (tertiary/aromatic N) is 1. The van der Waals surface area contributed by atoms with E-state index in [2.05, 4.69) is 27.9 Å². The molecule has 1 nitrogen and oxygen atoms in total. The van der Waals surface area contributed by atoms with E-state index in [1.165, 1.54) is 12.8 Å². The Balaban J connectivity index is 1.87. The van der Waals surface area contributed by atoms with Crippen molar-refractivity contribution in [1.29, 1.82) is 0 Å². The lowest BCUT2D eigenvalue weighted by molar-refractivity contribution is 0.208. The zero-order chi connectivity index (χ0) is 12.4. The molecule has 0 heterocycles. The van der Waals surface area contributed by atoms with Gasteiger partial charge in [0, 0.05) is 28.0 Å². The summed E-state index contributed by atoms with van der Waals surface area (Å²) in [6.45, 7) is 2.03. The number of hydrogen-bond donors (Lipinski definition) is 0. The number of hydrogen-bond acceptors (Lipinski definition) is 1. The van der Waals surface area contributed by atoms with Gasteiger partial charge in [0.1, 0.15) is 0 Å². The van der Waals surface area contributed by atoms with Crippen LogP contribution in [0.5, 0.6) is 0 Å². The SMILES string of the molecule is CN(Cc1ccc(Cl)cc1Cl)CC1CC(Br)C1. The lowest BCUT2D eigenvalue weighted by Gasteiger charge is -2.34. The van der Waals surface area contributed by atoms with Crippen molar-refractivity contribution in [2.24, 2.45) is 5.92 Å². The first-order valence-electron chi connectivity index (χ1n) is 5.81. The zero-order valence-corrected chi connectivity index (χ0v) is 12.9. The minimum Gasteiger partial charge on any atom is -0.302 e. The topological polar surface area (TPSA) is 3.24 Å². The van der Waals surface area contributed by atoms with Crippen molar-refractivity contribution in [2.75, 3.05) is 13.6 Å². The summed E-state index contributed by atoms with van der Waals surface area (Å²) in [6.07, 6.45) is 2.58. The maximum Gasteiger partial charge on any atom is 0.0465 e. The van der Waals surface area contributed by atoms with Gasteiger partial charge in [-0.1, -0.05) is 45.2 Å². The fourth-order valence-corrected chi connectivity index (χ4v) is 3.78. The molecule has 1 aliphatic carbocycles. The van der Waals surface area contributed by atoms with Crippen molar-refractivity contribution in [3.05, 3.63) is 33.8 Å². The Hall–Kier alpha value is 0.240. The third-order valence-electron chi connectivity index (χ3n) is 3.20. The van der Waals surface area contributed by atoms with Crippen molar-refractivity contribution in [2.45, 2.75) is 24.2 Å². The van der Waals surface area contributed by atoms with E-state index in [9.17, 15) is 0 Å². The Labute approximate surface area is 121 Å². The van der Waals surface area contributed by atoms with Crippen molar-refractivity contribution in [3.8, 4) is 0 Å². The first-order valence-corrected chi connectivity index (χ1v) is 7.48. The fraction of sp³-hybridized carbons (Fsp3) is 0.538. The van der Waals surface area contributed by atoms with Gasteiger partial charge < -0.3 is 4.90 Å². The molecule has 0 saturated heterocycles. The van der Waals surface area contributed by atoms with Crippen molar-refractivity contribution < 1.29 is 0 Å². The largest absolute Gasteiger partial charge is 0.302 e. The molecule has 0 spiro atoms. The standard InChI is InChI=1S/C13H16BrCl2N/c1-17(7-9-4-11(14)5-9)8-10-2-3-12(15)6-13(10)16/h2-3,6,9,11H,4-5,7-8H2,1H3. The Morgan fingerprint density at radius 1 is 1.35 bits per heavy atom. The molecule has 0 aliphatic heterocycles. The van der Waals surface area contributed by atoms with Crippen LogP contribution in [0.15, 0.2) is 18.2 Å². The molecule has 0 bridgehead atoms. The number of benzene rings is 1. The van der Waals surface area contributed by atoms with E-state index >= 15 is 0 Å². The van der Waals surface area contributed by atoms with Gasteiger partial charge in [0.25, 0.3) is 0 Å². The number of halogens is 3. The van der Waals surface area contributed by atoms with Crippen LogP contribution in [0.4, 0.5) is 0 Å². The van der Waals surface area contributed by atoms with Crippen molar-refractivity contribution >= 4 is 39.1 Å². The summed E-state index contributed by atoms with van der Waals surface area (Å²) in [4.78, 5) is 3.07. The molecule has 0 unspecified atom stereocenters. The first-order chi connectivity index (χ1) is 8.04. The van der Waals surface area contributed by atoms with Gasteiger partial charge in [-0.2, -0.15) is 0 Å². The van der Waals surface area contributed by atoms with Gasteiger partial charge in [0.2, 0.25) is 0 Å². The van der Waals surface area contributed by atoms with Gasteiger partial charge in [0.15, 0.2) is 0 Å². The van der Waals surface area contributed by atoms with Gasteiger partial charge in [-0.15, -0.1) is 0 Å². The zero-order valence-electron chi connectivity index (χ0n) is 9.80. The van der Waals surface area contributed by atoms with Crippen LogP contribution in [-0.2, 0) is 6.54 Å². The molecule has 1 saturated carbocycles. The highest BCUT2D eigenvalue weighted by Gasteiger charge is 2.27. The van der Waals surface area contributed by atoms with Gasteiger partial charge >= 0.3 is 0 Å². The third kappa shape index (κ3) is 3.85. The Morgan fingerprint density at radius 3 is 2.65 bits per heavy atom. The van der Waals surface area contributed by atoms with Crippen LogP contribution in [0.2, 0.25) is 10.0 Å². The molecule has 0 atom stereocenters. The molecule has 1 aromatic carbocycles. The molecule has 2 rings (SSSR count). The van der Waals surface area contributed by atoms with Gasteiger partial charge in [-0.05, 0) is 43.5 Å². The number of alkyl halides is 1. The second-order valence-electron chi connectivity index (χ2n) is 4.87. The second-order valence-corrected chi connectivity index (χ2v) is 7.01. The Morgan fingerprint density at radius 2 is 2.06 bits per heavy atom. The summed E-state index contributed by atoms with van der Waals surface area (Å²) in [5, 5.41) is 1.46. The molecule has 0 aromatic heterocycles. The normalized spacial score (nSPS) is 23.8. The van der Waals surface area contributed by atoms with Crippen LogP contribution in [0, 0.1) is 5.92 Å². The fourth-order valence-electron chi connectivity index (χ4n) is 2.25. The Bertz CT molecular complexity index is 391. The average Bonchev–Trinajstić information content (AvgIpc) is 2.20. The van der Waals surface area contributed by atoms with Crippen LogP contribution in [-0.4, -0.2) is 23.3 Å². The summed E-state index contributed by atoms with van der Waals surface area (Å²) in [6, 6.07) is 5.72. The van der Waals surface area contributed by atoms with E-state index in [-0.39, 0.29) is 0 Å². The molecule has 1 fully saturated rings. The van der Waals surface area contributed by atoms with Crippen LogP contribution >= 0.6 is 39.1 Å². The van der Waals surface area contributed by atoms with Gasteiger partial charge in [0.05, 0.1) is 0 Å². The van der Waals surface area contributed by atoms with Crippen LogP contribution < -0.4 is 0 Å². The quantitative estimate of drug-likeness (QED) is 0.726. The van der Waals surface area contributed by atoms with E-state index in [4.69, 9.17) is 23.2 Å². The summed E-state index contributed by atoms with van der Waals surface area (Å²) in [7, 11) is 2.15. The van der Waals surface area contributed by atoms with Crippen molar-refractivity contribution in [3.63, 3.8) is 0 Å². The highest BCUT2D eigenvalue weighted by molar-refractivity contribution is 9.09. The van der Waals surface area contributed by atoms with E-state index in [1.807, 2.05) is 18.2 Å². The van der Waals surface area contributed by atoms with E-state index in [1.54, 1.807) is 0 Å². The van der Waals surface area contributed by atoms with E-state index < -0.39 is 0 Å². The third-order valence-corrected chi connectivity index (χ3v) is 4.54. The number of rotatable bonds is 4. The summed E-state index contributed by atoms with van der Waals surface area (Å²) in [5.41, 5.74) is 1.15. The minimum absolute atomic E-state index is 0.697. The monoisotopic (exact) mass is 335 g/mol. The maximum absolute atomic E-state index is 6.16. The smallest absolute Gasteiger partial charge is 0.0465 e. The molecule has 4 heteroatoms. The Kier molecular flexibility index (Phi) is 4.76. The molecular weight excluding hydrogens is 321 g/mol. The lowest BCUT2D eigenvalue weighted by atomic mass is 9.85. The highest BCUT2D eigenvalue weighted by atomic mass is 79.9. The summed E-state index contributed by atoms with van der Waals surface area (Å²) < 4.78 is 0. The molecule has 17 heavy (non-hydrogen) atoms. The molecule has 0 N–H and O–H groups in total. The summed E-state index contributed by atoms with van der Waals surface area (Å²) >= 11 is 15.7. The van der Waals surface area contributed by atoms with Crippen LogP contribution in [0.25, 0.3) is 0 Å². The first kappa shape index (κ1) is 13.7. The van der Waals surface area contributed by atoms with E-state index in [0.29, 0.717) is 5.02 Å². The second kappa shape index (κ2) is 5.92. The summed E-state index contributed by atoms with van der Waals surface area (Å²) in [5.74, 6) is 0.829. The predicted octanol–water partition coefficient (Wildman–Crippen LogP) is 4.60. The maximum atomic E-state index is 6.16. The highest BCUT2D eigenvalue weighted by Crippen LogP contribution is 2.34.